The van der Waals surface area contributed by atoms with Gasteiger partial charge < -0.3 is 4.90 Å². The summed E-state index contributed by atoms with van der Waals surface area (Å²) < 4.78 is 0. The molecule has 0 N–H and O–H groups in total. The summed E-state index contributed by atoms with van der Waals surface area (Å²) in [5.74, 6) is 0.490. The number of benzene rings is 3. The van der Waals surface area contributed by atoms with Gasteiger partial charge in [-0.2, -0.15) is 0 Å². The van der Waals surface area contributed by atoms with Crippen LogP contribution < -0.4 is 10.2 Å². The Bertz CT molecular complexity index is 947. The van der Waals surface area contributed by atoms with Crippen molar-refractivity contribution in [3.63, 3.8) is 0 Å². The number of hydrogen-bond acceptors (Lipinski definition) is 1. The number of unbranched alkanes of at least 4 members (excludes halogenated alkanes) is 10. The smallest absolute Gasteiger partial charge is 0.0372 e. The van der Waals surface area contributed by atoms with Crippen LogP contribution in [-0.2, 0) is 0 Å². The van der Waals surface area contributed by atoms with Crippen LogP contribution in [0.1, 0.15) is 121 Å². The van der Waals surface area contributed by atoms with E-state index in [1.54, 1.807) is 0 Å². The molecule has 0 aromatic heterocycles. The SMILES string of the molecule is CCCCCCCCN(CCCCCCCC)c1cccc(PCCCC(c2ccccc2)c2ccccc2)c1. The highest BCUT2D eigenvalue weighted by molar-refractivity contribution is 7.47. The highest BCUT2D eigenvalue weighted by Gasteiger charge is 2.13. The number of rotatable bonds is 22. The maximum Gasteiger partial charge on any atom is 0.0372 e. The summed E-state index contributed by atoms with van der Waals surface area (Å²) in [7, 11) is 0.886. The fraction of sp³-hybridized carbons (Fsp3) is 0.526. The Balaban J connectivity index is 1.53. The Morgan fingerprint density at radius 3 is 1.62 bits per heavy atom. The molecule has 1 atom stereocenters. The molecule has 0 aliphatic rings. The van der Waals surface area contributed by atoms with Crippen LogP contribution >= 0.6 is 8.58 Å². The quantitative estimate of drug-likeness (QED) is 0.0877. The summed E-state index contributed by atoms with van der Waals surface area (Å²) >= 11 is 0. The molecule has 0 heterocycles. The average molecular weight is 558 g/mol. The lowest BCUT2D eigenvalue weighted by Gasteiger charge is -2.26. The molecule has 0 spiro atoms. The fourth-order valence-corrected chi connectivity index (χ4v) is 6.92. The highest BCUT2D eigenvalue weighted by Crippen LogP contribution is 2.30. The third-order valence-corrected chi connectivity index (χ3v) is 9.50. The average Bonchev–Trinajstić information content (AvgIpc) is 3.00. The van der Waals surface area contributed by atoms with Crippen LogP contribution in [0.3, 0.4) is 0 Å². The van der Waals surface area contributed by atoms with Gasteiger partial charge in [-0.25, -0.2) is 0 Å². The maximum atomic E-state index is 2.70. The third kappa shape index (κ3) is 12.6. The fourth-order valence-electron chi connectivity index (χ4n) is 5.78. The van der Waals surface area contributed by atoms with Gasteiger partial charge in [0.15, 0.2) is 0 Å². The zero-order valence-corrected chi connectivity index (χ0v) is 26.6. The first-order valence-electron chi connectivity index (χ1n) is 16.5. The number of hydrogen-bond donors (Lipinski definition) is 0. The Hall–Kier alpha value is -2.11. The van der Waals surface area contributed by atoms with E-state index >= 15 is 0 Å². The van der Waals surface area contributed by atoms with Crippen LogP contribution in [0.2, 0.25) is 0 Å². The van der Waals surface area contributed by atoms with Gasteiger partial charge in [-0.1, -0.05) is 159 Å². The van der Waals surface area contributed by atoms with Crippen LogP contribution in [0.5, 0.6) is 0 Å². The Labute approximate surface area is 249 Å². The zero-order valence-electron chi connectivity index (χ0n) is 25.6. The van der Waals surface area contributed by atoms with Gasteiger partial charge in [-0.05, 0) is 60.4 Å². The molecule has 1 unspecified atom stereocenters. The Morgan fingerprint density at radius 1 is 0.550 bits per heavy atom. The first-order chi connectivity index (χ1) is 19.8. The molecule has 3 aromatic rings. The summed E-state index contributed by atoms with van der Waals surface area (Å²) in [5, 5.41) is 1.53. The van der Waals surface area contributed by atoms with Crippen molar-refractivity contribution in [1.29, 1.82) is 0 Å². The van der Waals surface area contributed by atoms with E-state index in [9.17, 15) is 0 Å². The molecule has 218 valence electrons. The summed E-state index contributed by atoms with van der Waals surface area (Å²) in [6.45, 7) is 7.04. The minimum absolute atomic E-state index is 0.490. The monoisotopic (exact) mass is 557 g/mol. The van der Waals surface area contributed by atoms with Gasteiger partial charge >= 0.3 is 0 Å². The predicted molar refractivity (Wildman–Crippen MR) is 182 cm³/mol. The van der Waals surface area contributed by atoms with Gasteiger partial charge in [0.1, 0.15) is 0 Å². The van der Waals surface area contributed by atoms with E-state index in [0.29, 0.717) is 5.92 Å². The zero-order chi connectivity index (χ0) is 28.1. The number of anilines is 1. The van der Waals surface area contributed by atoms with Crippen LogP contribution in [0.25, 0.3) is 0 Å². The molecule has 3 aromatic carbocycles. The van der Waals surface area contributed by atoms with E-state index in [4.69, 9.17) is 0 Å². The van der Waals surface area contributed by atoms with E-state index in [2.05, 4.69) is 104 Å². The van der Waals surface area contributed by atoms with Crippen LogP contribution in [0, 0.1) is 0 Å². The lowest BCUT2D eigenvalue weighted by atomic mass is 9.88. The summed E-state index contributed by atoms with van der Waals surface area (Å²) in [6.07, 6.45) is 20.2. The van der Waals surface area contributed by atoms with E-state index < -0.39 is 0 Å². The van der Waals surface area contributed by atoms with Crippen molar-refractivity contribution < 1.29 is 0 Å². The second-order valence-electron chi connectivity index (χ2n) is 11.5. The molecule has 0 fully saturated rings. The summed E-state index contributed by atoms with van der Waals surface area (Å²) in [6, 6.07) is 31.7. The Kier molecular flexibility index (Phi) is 16.8. The minimum atomic E-state index is 0.490. The molecule has 0 bridgehead atoms. The van der Waals surface area contributed by atoms with Gasteiger partial charge in [0, 0.05) is 24.7 Å². The van der Waals surface area contributed by atoms with Crippen LogP contribution in [0.15, 0.2) is 84.9 Å². The summed E-state index contributed by atoms with van der Waals surface area (Å²) in [5.41, 5.74) is 4.34. The van der Waals surface area contributed by atoms with Gasteiger partial charge in [0.25, 0.3) is 0 Å². The van der Waals surface area contributed by atoms with Gasteiger partial charge in [0.2, 0.25) is 0 Å². The molecule has 40 heavy (non-hydrogen) atoms. The van der Waals surface area contributed by atoms with Gasteiger partial charge in [0.05, 0.1) is 0 Å². The molecular weight excluding hydrogens is 501 g/mol. The lowest BCUT2D eigenvalue weighted by Crippen LogP contribution is -2.26. The van der Waals surface area contributed by atoms with Crippen molar-refractivity contribution in [3.05, 3.63) is 96.1 Å². The largest absolute Gasteiger partial charge is 0.372 e. The first-order valence-corrected chi connectivity index (χ1v) is 17.7. The minimum Gasteiger partial charge on any atom is -0.372 e. The maximum absolute atomic E-state index is 2.70. The molecule has 0 aliphatic carbocycles. The van der Waals surface area contributed by atoms with E-state index in [1.807, 2.05) is 0 Å². The molecule has 0 saturated heterocycles. The van der Waals surface area contributed by atoms with Crippen molar-refractivity contribution in [2.75, 3.05) is 24.2 Å². The van der Waals surface area contributed by atoms with Crippen molar-refractivity contribution in [1.82, 2.24) is 0 Å². The van der Waals surface area contributed by atoms with E-state index in [0.717, 1.165) is 8.58 Å². The van der Waals surface area contributed by atoms with Crippen molar-refractivity contribution in [2.45, 2.75) is 110 Å². The van der Waals surface area contributed by atoms with Gasteiger partial charge in [-0.15, -0.1) is 0 Å². The molecule has 1 nitrogen and oxygen atoms in total. The molecule has 0 radical (unpaired) electrons. The normalized spacial score (nSPS) is 11.6. The molecule has 0 amide bonds. The van der Waals surface area contributed by atoms with E-state index in [-0.39, 0.29) is 0 Å². The molecule has 0 saturated carbocycles. The molecular formula is C38H56NP. The molecule has 0 aliphatic heterocycles. The van der Waals surface area contributed by atoms with Crippen molar-refractivity contribution >= 4 is 19.6 Å². The van der Waals surface area contributed by atoms with Crippen molar-refractivity contribution in [3.8, 4) is 0 Å². The molecule has 2 heteroatoms. The first kappa shape index (κ1) is 32.4. The second-order valence-corrected chi connectivity index (χ2v) is 12.9. The van der Waals surface area contributed by atoms with Crippen LogP contribution in [0.4, 0.5) is 5.69 Å². The molecule has 3 rings (SSSR count). The lowest BCUT2D eigenvalue weighted by molar-refractivity contribution is 0.575. The van der Waals surface area contributed by atoms with Crippen LogP contribution in [-0.4, -0.2) is 19.3 Å². The number of nitrogens with zero attached hydrogens (tertiary/aromatic N) is 1. The van der Waals surface area contributed by atoms with E-state index in [1.165, 1.54) is 131 Å². The topological polar surface area (TPSA) is 3.24 Å². The third-order valence-electron chi connectivity index (χ3n) is 8.18. The predicted octanol–water partition coefficient (Wildman–Crippen LogP) is 11.1. The summed E-state index contributed by atoms with van der Waals surface area (Å²) in [4.78, 5) is 2.70. The van der Waals surface area contributed by atoms with Gasteiger partial charge in [-0.3, -0.25) is 0 Å². The Morgan fingerprint density at radius 2 is 1.07 bits per heavy atom. The van der Waals surface area contributed by atoms with Crippen molar-refractivity contribution in [2.24, 2.45) is 0 Å². The highest BCUT2D eigenvalue weighted by atomic mass is 31.1. The standard InChI is InChI=1S/C38H56NP/c1-3-5-7-9-11-19-30-39(31-20-12-10-8-6-4-2)36-27-21-28-37(33-36)40-32-22-29-38(34-23-15-13-16-24-34)35-25-17-14-18-26-35/h13-18,21,23-28,33,38,40H,3-12,19-20,22,29-32H2,1-2H3. The second kappa shape index (κ2) is 20.7.